The van der Waals surface area contributed by atoms with Gasteiger partial charge in [-0.25, -0.2) is 0 Å². The zero-order chi connectivity index (χ0) is 9.14. The lowest BCUT2D eigenvalue weighted by atomic mass is 10.2. The van der Waals surface area contributed by atoms with Crippen LogP contribution in [0.3, 0.4) is 0 Å². The molecule has 2 nitrogen and oxygen atoms in total. The van der Waals surface area contributed by atoms with Gasteiger partial charge in [0.15, 0.2) is 0 Å². The van der Waals surface area contributed by atoms with E-state index in [-0.39, 0.29) is 5.76 Å². The van der Waals surface area contributed by atoms with Crippen LogP contribution in [-0.4, -0.2) is 10.1 Å². The normalized spacial score (nSPS) is 9.42. The molecule has 0 saturated carbocycles. The Labute approximate surface area is 75.8 Å². The Hall–Kier alpha value is -1.28. The molecule has 1 aromatic heterocycles. The summed E-state index contributed by atoms with van der Waals surface area (Å²) < 4.78 is 0. The first-order valence-corrected chi connectivity index (χ1v) is 3.68. The van der Waals surface area contributed by atoms with Gasteiger partial charge < -0.3 is 5.11 Å². The number of aromatic nitrogens is 1. The molecule has 1 rings (SSSR count). The van der Waals surface area contributed by atoms with E-state index >= 15 is 0 Å². The Morgan fingerprint density at radius 2 is 2.17 bits per heavy atom. The van der Waals surface area contributed by atoms with E-state index in [2.05, 4.69) is 18.1 Å². The van der Waals surface area contributed by atoms with Crippen LogP contribution in [0.4, 0.5) is 0 Å². The topological polar surface area (TPSA) is 33.1 Å². The van der Waals surface area contributed by atoms with Gasteiger partial charge in [-0.15, -0.1) is 0 Å². The highest BCUT2D eigenvalue weighted by atomic mass is 35.5. The van der Waals surface area contributed by atoms with Crippen LogP contribution in [0.1, 0.15) is 11.3 Å². The molecule has 0 aromatic carbocycles. The van der Waals surface area contributed by atoms with Gasteiger partial charge in [-0.3, -0.25) is 4.98 Å². The minimum absolute atomic E-state index is 0.104. The van der Waals surface area contributed by atoms with Gasteiger partial charge in [0.2, 0.25) is 0 Å². The summed E-state index contributed by atoms with van der Waals surface area (Å²) in [6, 6.07) is 3.44. The molecule has 0 aliphatic carbocycles. The summed E-state index contributed by atoms with van der Waals surface area (Å²) in [6.07, 6.45) is 1.56. The van der Waals surface area contributed by atoms with Crippen molar-refractivity contribution in [3.63, 3.8) is 0 Å². The number of aliphatic hydroxyl groups excluding tert-OH is 1. The molecule has 1 N–H and O–H groups in total. The first-order chi connectivity index (χ1) is 5.63. The number of hydrogen-bond donors (Lipinski definition) is 1. The smallest absolute Gasteiger partial charge is 0.134 e. The molecule has 1 heterocycles. The Morgan fingerprint density at radius 3 is 2.58 bits per heavy atom. The molecule has 62 valence electrons. The van der Waals surface area contributed by atoms with E-state index < -0.39 is 0 Å². The SMILES string of the molecule is C=C(Cl)c1cccnc1C(=C)O. The quantitative estimate of drug-likeness (QED) is 0.712. The van der Waals surface area contributed by atoms with Crippen LogP contribution < -0.4 is 0 Å². The van der Waals surface area contributed by atoms with E-state index in [0.29, 0.717) is 16.3 Å². The number of halogens is 1. The molecule has 0 unspecified atom stereocenters. The molecular weight excluding hydrogens is 174 g/mol. The summed E-state index contributed by atoms with van der Waals surface area (Å²) in [5.41, 5.74) is 0.976. The number of pyridine rings is 1. The van der Waals surface area contributed by atoms with Crippen molar-refractivity contribution in [3.8, 4) is 0 Å². The molecule has 0 atom stereocenters. The predicted octanol–water partition coefficient (Wildman–Crippen LogP) is 2.82. The van der Waals surface area contributed by atoms with Crippen molar-refractivity contribution in [1.29, 1.82) is 0 Å². The molecule has 0 spiro atoms. The number of hydrogen-bond acceptors (Lipinski definition) is 2. The molecule has 0 fully saturated rings. The average Bonchev–Trinajstić information content (AvgIpc) is 2.04. The van der Waals surface area contributed by atoms with E-state index in [9.17, 15) is 0 Å². The lowest BCUT2D eigenvalue weighted by Gasteiger charge is -2.03. The maximum Gasteiger partial charge on any atom is 0.134 e. The fourth-order valence-electron chi connectivity index (χ4n) is 0.854. The summed E-state index contributed by atoms with van der Waals surface area (Å²) in [7, 11) is 0. The fraction of sp³-hybridized carbons (Fsp3) is 0. The van der Waals surface area contributed by atoms with Crippen molar-refractivity contribution >= 4 is 22.4 Å². The van der Waals surface area contributed by atoms with Crippen molar-refractivity contribution in [2.75, 3.05) is 0 Å². The highest BCUT2D eigenvalue weighted by Crippen LogP contribution is 2.22. The van der Waals surface area contributed by atoms with E-state index in [4.69, 9.17) is 16.7 Å². The second-order valence-electron chi connectivity index (χ2n) is 2.25. The predicted molar refractivity (Wildman–Crippen MR) is 50.8 cm³/mol. The lowest BCUT2D eigenvalue weighted by Crippen LogP contribution is -1.91. The Morgan fingerprint density at radius 1 is 1.50 bits per heavy atom. The van der Waals surface area contributed by atoms with Crippen molar-refractivity contribution in [3.05, 3.63) is 42.7 Å². The van der Waals surface area contributed by atoms with Gasteiger partial charge in [-0.1, -0.05) is 24.8 Å². The molecule has 0 aliphatic heterocycles. The van der Waals surface area contributed by atoms with Gasteiger partial charge >= 0.3 is 0 Å². The minimum Gasteiger partial charge on any atom is -0.506 e. The van der Waals surface area contributed by atoms with Crippen molar-refractivity contribution in [2.24, 2.45) is 0 Å². The van der Waals surface area contributed by atoms with E-state index in [1.165, 1.54) is 0 Å². The third-order valence-corrected chi connectivity index (χ3v) is 1.58. The van der Waals surface area contributed by atoms with Crippen LogP contribution in [-0.2, 0) is 0 Å². The maximum absolute atomic E-state index is 9.10. The highest BCUT2D eigenvalue weighted by molar-refractivity contribution is 6.48. The largest absolute Gasteiger partial charge is 0.506 e. The monoisotopic (exact) mass is 181 g/mol. The average molecular weight is 182 g/mol. The van der Waals surface area contributed by atoms with Gasteiger partial charge in [0.25, 0.3) is 0 Å². The summed E-state index contributed by atoms with van der Waals surface area (Å²) in [6.45, 7) is 6.90. The Bertz CT molecular complexity index is 300. The number of rotatable bonds is 2. The Kier molecular flexibility index (Phi) is 2.51. The van der Waals surface area contributed by atoms with E-state index in [1.54, 1.807) is 18.3 Å². The van der Waals surface area contributed by atoms with Gasteiger partial charge in [0, 0.05) is 16.8 Å². The summed E-state index contributed by atoms with van der Waals surface area (Å²) in [4.78, 5) is 3.90. The second kappa shape index (κ2) is 3.41. The van der Waals surface area contributed by atoms with Crippen LogP contribution in [0.2, 0.25) is 0 Å². The zero-order valence-electron chi connectivity index (χ0n) is 6.42. The summed E-state index contributed by atoms with van der Waals surface area (Å²) >= 11 is 5.67. The minimum atomic E-state index is -0.104. The standard InChI is InChI=1S/C9H8ClNO/c1-6(10)8-4-3-5-11-9(8)7(2)12/h3-5,12H,1-2H2. The van der Waals surface area contributed by atoms with Crippen LogP contribution in [0.15, 0.2) is 31.5 Å². The molecule has 0 amide bonds. The van der Waals surface area contributed by atoms with Gasteiger partial charge in [-0.05, 0) is 12.1 Å². The summed E-state index contributed by atoms with van der Waals surface area (Å²) in [5.74, 6) is -0.104. The van der Waals surface area contributed by atoms with Gasteiger partial charge in [0.05, 0.1) is 0 Å². The molecule has 3 heteroatoms. The summed E-state index contributed by atoms with van der Waals surface area (Å²) in [5, 5.41) is 9.44. The third kappa shape index (κ3) is 1.66. The first-order valence-electron chi connectivity index (χ1n) is 3.31. The van der Waals surface area contributed by atoms with E-state index in [1.807, 2.05) is 0 Å². The molecule has 0 saturated heterocycles. The van der Waals surface area contributed by atoms with Crippen LogP contribution in [0, 0.1) is 0 Å². The molecule has 12 heavy (non-hydrogen) atoms. The van der Waals surface area contributed by atoms with Crippen molar-refractivity contribution < 1.29 is 5.11 Å². The zero-order valence-corrected chi connectivity index (χ0v) is 7.17. The van der Waals surface area contributed by atoms with Crippen LogP contribution in [0.25, 0.3) is 10.8 Å². The second-order valence-corrected chi connectivity index (χ2v) is 2.71. The third-order valence-electron chi connectivity index (χ3n) is 1.37. The molecule has 0 radical (unpaired) electrons. The molecule has 1 aromatic rings. The number of aliphatic hydroxyl groups is 1. The maximum atomic E-state index is 9.10. The first kappa shape index (κ1) is 8.81. The Balaban J connectivity index is 3.27. The fourth-order valence-corrected chi connectivity index (χ4v) is 1.01. The van der Waals surface area contributed by atoms with Crippen LogP contribution >= 0.6 is 11.6 Å². The van der Waals surface area contributed by atoms with E-state index in [0.717, 1.165) is 0 Å². The van der Waals surface area contributed by atoms with Gasteiger partial charge in [-0.2, -0.15) is 0 Å². The molecular formula is C9H8ClNO. The molecule has 0 bridgehead atoms. The van der Waals surface area contributed by atoms with Crippen molar-refractivity contribution in [1.82, 2.24) is 4.98 Å². The van der Waals surface area contributed by atoms with Gasteiger partial charge in [0.1, 0.15) is 11.5 Å². The molecule has 0 aliphatic rings. The number of nitrogens with zero attached hydrogens (tertiary/aromatic N) is 1. The lowest BCUT2D eigenvalue weighted by molar-refractivity contribution is 0.510. The van der Waals surface area contributed by atoms with Crippen LogP contribution in [0.5, 0.6) is 0 Å². The highest BCUT2D eigenvalue weighted by Gasteiger charge is 2.06. The van der Waals surface area contributed by atoms with Crippen molar-refractivity contribution in [2.45, 2.75) is 0 Å².